The minimum absolute atomic E-state index is 0.291. The van der Waals surface area contributed by atoms with Gasteiger partial charge >= 0.3 is 6.09 Å². The summed E-state index contributed by atoms with van der Waals surface area (Å²) in [5.74, 6) is -0.322. The molecule has 0 heterocycles. The van der Waals surface area contributed by atoms with Crippen molar-refractivity contribution >= 4 is 12.0 Å². The first-order valence-electron chi connectivity index (χ1n) is 7.42. The van der Waals surface area contributed by atoms with Crippen molar-refractivity contribution < 1.29 is 19.1 Å². The fourth-order valence-corrected chi connectivity index (χ4v) is 1.78. The summed E-state index contributed by atoms with van der Waals surface area (Å²) in [7, 11) is 0. The van der Waals surface area contributed by atoms with Gasteiger partial charge in [-0.3, -0.25) is 4.79 Å². The standard InChI is InChI=1S/C17H25NO4/c1-14(19)18(16(20)22-17(2,3)4)11-8-12-21-13-15-9-6-5-7-10-15/h5-7,9-10H,8,11-13H2,1-4H3. The summed E-state index contributed by atoms with van der Waals surface area (Å²) in [6, 6.07) is 9.84. The number of hydrogen-bond donors (Lipinski definition) is 0. The summed E-state index contributed by atoms with van der Waals surface area (Å²) in [5.41, 5.74) is 0.479. The monoisotopic (exact) mass is 307 g/mol. The van der Waals surface area contributed by atoms with Gasteiger partial charge in [-0.1, -0.05) is 30.3 Å². The van der Waals surface area contributed by atoms with Crippen molar-refractivity contribution in [2.45, 2.75) is 46.3 Å². The molecule has 0 radical (unpaired) electrons. The van der Waals surface area contributed by atoms with E-state index in [4.69, 9.17) is 9.47 Å². The Morgan fingerprint density at radius 3 is 2.32 bits per heavy atom. The summed E-state index contributed by atoms with van der Waals surface area (Å²) in [6.07, 6.45) is -0.0332. The molecule has 5 nitrogen and oxygen atoms in total. The highest BCUT2D eigenvalue weighted by Crippen LogP contribution is 2.10. The quantitative estimate of drug-likeness (QED) is 0.756. The molecular formula is C17H25NO4. The van der Waals surface area contributed by atoms with Crippen LogP contribution in [-0.2, 0) is 20.9 Å². The molecule has 1 aromatic carbocycles. The molecule has 1 rings (SSSR count). The molecule has 2 amide bonds. The Hall–Kier alpha value is -1.88. The topological polar surface area (TPSA) is 55.8 Å². The second kappa shape index (κ2) is 8.54. The van der Waals surface area contributed by atoms with E-state index < -0.39 is 11.7 Å². The van der Waals surface area contributed by atoms with Crippen LogP contribution in [0.25, 0.3) is 0 Å². The molecule has 122 valence electrons. The third kappa shape index (κ3) is 7.22. The third-order valence-corrected chi connectivity index (χ3v) is 2.78. The van der Waals surface area contributed by atoms with E-state index in [1.165, 1.54) is 6.92 Å². The molecule has 0 saturated heterocycles. The summed E-state index contributed by atoms with van der Waals surface area (Å²) in [5, 5.41) is 0. The molecule has 0 unspecified atom stereocenters. The number of nitrogens with zero attached hydrogens (tertiary/aromatic N) is 1. The molecule has 0 fully saturated rings. The van der Waals surface area contributed by atoms with Crippen LogP contribution in [0.15, 0.2) is 30.3 Å². The Bertz CT molecular complexity index is 479. The average Bonchev–Trinajstić information content (AvgIpc) is 2.41. The number of rotatable bonds is 6. The number of hydrogen-bond acceptors (Lipinski definition) is 4. The van der Waals surface area contributed by atoms with E-state index in [0.29, 0.717) is 26.2 Å². The lowest BCUT2D eigenvalue weighted by Gasteiger charge is -2.25. The fourth-order valence-electron chi connectivity index (χ4n) is 1.78. The summed E-state index contributed by atoms with van der Waals surface area (Å²) in [6.45, 7) is 7.95. The molecule has 0 aromatic heterocycles. The molecule has 0 N–H and O–H groups in total. The highest BCUT2D eigenvalue weighted by Gasteiger charge is 2.24. The smallest absolute Gasteiger partial charge is 0.417 e. The number of benzene rings is 1. The van der Waals surface area contributed by atoms with Gasteiger partial charge < -0.3 is 9.47 Å². The van der Waals surface area contributed by atoms with Gasteiger partial charge in [0.2, 0.25) is 5.91 Å². The lowest BCUT2D eigenvalue weighted by molar-refractivity contribution is -0.128. The van der Waals surface area contributed by atoms with Gasteiger partial charge in [0, 0.05) is 20.1 Å². The highest BCUT2D eigenvalue weighted by atomic mass is 16.6. The van der Waals surface area contributed by atoms with Crippen molar-refractivity contribution in [3.63, 3.8) is 0 Å². The Morgan fingerprint density at radius 2 is 1.77 bits per heavy atom. The predicted molar refractivity (Wildman–Crippen MR) is 84.3 cm³/mol. The van der Waals surface area contributed by atoms with Gasteiger partial charge in [0.1, 0.15) is 5.60 Å². The van der Waals surface area contributed by atoms with Crippen molar-refractivity contribution in [1.29, 1.82) is 0 Å². The minimum atomic E-state index is -0.616. The summed E-state index contributed by atoms with van der Waals surface area (Å²) >= 11 is 0. The molecule has 0 aliphatic heterocycles. The lowest BCUT2D eigenvalue weighted by Crippen LogP contribution is -2.40. The van der Waals surface area contributed by atoms with Crippen LogP contribution in [0.4, 0.5) is 4.79 Å². The number of ether oxygens (including phenoxy) is 2. The van der Waals surface area contributed by atoms with Crippen LogP contribution in [-0.4, -0.2) is 35.7 Å². The minimum Gasteiger partial charge on any atom is -0.443 e. The van der Waals surface area contributed by atoms with E-state index in [1.54, 1.807) is 20.8 Å². The van der Waals surface area contributed by atoms with Gasteiger partial charge in [0.05, 0.1) is 6.61 Å². The van der Waals surface area contributed by atoms with E-state index in [2.05, 4.69) is 0 Å². The number of carbonyl (C=O) groups is 2. The van der Waals surface area contributed by atoms with Crippen molar-refractivity contribution in [3.05, 3.63) is 35.9 Å². The van der Waals surface area contributed by atoms with Crippen LogP contribution < -0.4 is 0 Å². The molecule has 1 aromatic rings. The second-order valence-electron chi connectivity index (χ2n) is 6.04. The highest BCUT2D eigenvalue weighted by molar-refractivity contribution is 5.90. The third-order valence-electron chi connectivity index (χ3n) is 2.78. The second-order valence-corrected chi connectivity index (χ2v) is 6.04. The Kier molecular flexibility index (Phi) is 7.05. The number of imide groups is 1. The predicted octanol–water partition coefficient (Wildman–Crippen LogP) is 3.38. The van der Waals surface area contributed by atoms with Gasteiger partial charge in [0.25, 0.3) is 0 Å². The van der Waals surface area contributed by atoms with E-state index in [0.717, 1.165) is 10.5 Å². The van der Waals surface area contributed by atoms with Gasteiger partial charge in [-0.25, -0.2) is 9.69 Å². The van der Waals surface area contributed by atoms with Gasteiger partial charge in [-0.2, -0.15) is 0 Å². The fraction of sp³-hybridized carbons (Fsp3) is 0.529. The van der Waals surface area contributed by atoms with Crippen LogP contribution in [0, 0.1) is 0 Å². The summed E-state index contributed by atoms with van der Waals surface area (Å²) in [4.78, 5) is 24.6. The van der Waals surface area contributed by atoms with Crippen LogP contribution in [0.5, 0.6) is 0 Å². The maximum Gasteiger partial charge on any atom is 0.417 e. The maximum atomic E-state index is 11.9. The van der Waals surface area contributed by atoms with Crippen molar-refractivity contribution in [2.75, 3.05) is 13.2 Å². The lowest BCUT2D eigenvalue weighted by atomic mass is 10.2. The first-order chi connectivity index (χ1) is 10.3. The number of amides is 2. The maximum absolute atomic E-state index is 11.9. The molecule has 22 heavy (non-hydrogen) atoms. The molecule has 0 atom stereocenters. The molecule has 0 aliphatic rings. The van der Waals surface area contributed by atoms with E-state index in [1.807, 2.05) is 30.3 Å². The van der Waals surface area contributed by atoms with Gasteiger partial charge in [-0.15, -0.1) is 0 Å². The largest absolute Gasteiger partial charge is 0.443 e. The van der Waals surface area contributed by atoms with E-state index >= 15 is 0 Å². The van der Waals surface area contributed by atoms with E-state index in [-0.39, 0.29) is 5.91 Å². The molecule has 0 aliphatic carbocycles. The van der Waals surface area contributed by atoms with Crippen molar-refractivity contribution in [1.82, 2.24) is 4.90 Å². The first-order valence-corrected chi connectivity index (χ1v) is 7.42. The Balaban J connectivity index is 2.33. The van der Waals surface area contributed by atoms with Crippen LogP contribution in [0.3, 0.4) is 0 Å². The Labute approximate surface area is 132 Å². The van der Waals surface area contributed by atoms with Gasteiger partial charge in [-0.05, 0) is 32.8 Å². The van der Waals surface area contributed by atoms with Crippen LogP contribution in [0.2, 0.25) is 0 Å². The zero-order valence-corrected chi connectivity index (χ0v) is 13.8. The Morgan fingerprint density at radius 1 is 1.14 bits per heavy atom. The summed E-state index contributed by atoms with van der Waals surface area (Å²) < 4.78 is 10.8. The van der Waals surface area contributed by atoms with E-state index in [9.17, 15) is 9.59 Å². The molecule has 0 saturated carbocycles. The van der Waals surface area contributed by atoms with Crippen LogP contribution >= 0.6 is 0 Å². The molecule has 0 bridgehead atoms. The van der Waals surface area contributed by atoms with Crippen molar-refractivity contribution in [2.24, 2.45) is 0 Å². The molecular weight excluding hydrogens is 282 g/mol. The molecule has 5 heteroatoms. The zero-order valence-electron chi connectivity index (χ0n) is 13.8. The van der Waals surface area contributed by atoms with Crippen molar-refractivity contribution in [3.8, 4) is 0 Å². The number of carbonyl (C=O) groups excluding carboxylic acids is 2. The van der Waals surface area contributed by atoms with Gasteiger partial charge in [0.15, 0.2) is 0 Å². The molecule has 0 spiro atoms. The SMILES string of the molecule is CC(=O)N(CCCOCc1ccccc1)C(=O)OC(C)(C)C. The first kappa shape index (κ1) is 18.2. The average molecular weight is 307 g/mol. The normalized spacial score (nSPS) is 11.1. The zero-order chi connectivity index (χ0) is 16.6. The van der Waals surface area contributed by atoms with Crippen LogP contribution in [0.1, 0.15) is 39.7 Å².